The predicted molar refractivity (Wildman–Crippen MR) is 147 cm³/mol. The summed E-state index contributed by atoms with van der Waals surface area (Å²) in [6, 6.07) is 10.4. The number of imidazole rings is 1. The van der Waals surface area contributed by atoms with E-state index in [2.05, 4.69) is 9.88 Å². The molecular weight excluding hydrogens is 514 g/mol. The van der Waals surface area contributed by atoms with Crippen LogP contribution in [0.5, 0.6) is 5.75 Å². The Labute approximate surface area is 229 Å². The highest BCUT2D eigenvalue weighted by atomic mass is 16.4. The maximum absolute atomic E-state index is 13.2. The molecule has 1 amide bonds. The van der Waals surface area contributed by atoms with Crippen molar-refractivity contribution in [3.63, 3.8) is 0 Å². The quantitative estimate of drug-likeness (QED) is 0.214. The summed E-state index contributed by atoms with van der Waals surface area (Å²) in [5.41, 5.74) is 3.40. The summed E-state index contributed by atoms with van der Waals surface area (Å²) in [5, 5.41) is 31.2. The number of carboxylic acids is 2. The molecule has 1 fully saturated rings. The second-order valence-corrected chi connectivity index (χ2v) is 9.95. The van der Waals surface area contributed by atoms with Gasteiger partial charge in [-0.1, -0.05) is 25.3 Å². The molecule has 0 aliphatic heterocycles. The lowest BCUT2D eigenvalue weighted by Crippen LogP contribution is -2.42. The number of phenolic OH excluding ortho intramolecular Hbond substituents is 1. The zero-order chi connectivity index (χ0) is 28.2. The first-order chi connectivity index (χ1) is 19.3. The third-order valence-corrected chi connectivity index (χ3v) is 7.21. The van der Waals surface area contributed by atoms with Crippen LogP contribution < -0.4 is 5.32 Å². The Morgan fingerprint density at radius 3 is 2.58 bits per heavy atom. The molecule has 5 rings (SSSR count). The molecule has 1 atom stereocenters. The lowest BCUT2D eigenvalue weighted by atomic mass is 9.95. The molecule has 0 spiro atoms. The number of carboxylic acid groups (broad SMARTS) is 2. The van der Waals surface area contributed by atoms with Gasteiger partial charge < -0.3 is 29.6 Å². The largest absolute Gasteiger partial charge is 0.507 e. The highest BCUT2D eigenvalue weighted by Gasteiger charge is 2.25. The highest BCUT2D eigenvalue weighted by molar-refractivity contribution is 5.99. The van der Waals surface area contributed by atoms with Gasteiger partial charge in [-0.15, -0.1) is 0 Å². The Morgan fingerprint density at radius 2 is 1.88 bits per heavy atom. The van der Waals surface area contributed by atoms with Gasteiger partial charge in [-0.2, -0.15) is 0 Å². The first-order valence-electron chi connectivity index (χ1n) is 13.1. The number of nitrogens with one attached hydrogen (secondary N) is 1. The van der Waals surface area contributed by atoms with E-state index in [1.54, 1.807) is 24.7 Å². The summed E-state index contributed by atoms with van der Waals surface area (Å²) in [4.78, 5) is 40.9. The standard InChI is InChI=1S/C30H29N3O7/c34-26-10-6-18(14-19(26)8-11-27(35)36)15-24(30(38)39)32-29(37)20-7-9-25-23(16-20)31-28(21-12-13-40-17-21)33(25)22-4-2-1-3-5-22/h6-14,16-17,22,24,34H,1-5,15H2,(H,32,37)(H,35,36)(H,38,39)/b11-8+/t24-/m0/s1. The number of nitrogens with zero attached hydrogens (tertiary/aromatic N) is 2. The monoisotopic (exact) mass is 543 g/mol. The van der Waals surface area contributed by atoms with Crippen LogP contribution in [0.4, 0.5) is 0 Å². The predicted octanol–water partition coefficient (Wildman–Crippen LogP) is 5.03. The first kappa shape index (κ1) is 26.7. The summed E-state index contributed by atoms with van der Waals surface area (Å²) < 4.78 is 7.53. The molecular formula is C30H29N3O7. The normalized spacial score (nSPS) is 14.9. The van der Waals surface area contributed by atoms with Gasteiger partial charge in [0.25, 0.3) is 5.91 Å². The topological polar surface area (TPSA) is 155 Å². The van der Waals surface area contributed by atoms with Gasteiger partial charge in [-0.05, 0) is 60.9 Å². The minimum Gasteiger partial charge on any atom is -0.507 e. The van der Waals surface area contributed by atoms with Gasteiger partial charge in [-0.3, -0.25) is 4.79 Å². The maximum Gasteiger partial charge on any atom is 0.328 e. The van der Waals surface area contributed by atoms with Gasteiger partial charge in [-0.25, -0.2) is 14.6 Å². The van der Waals surface area contributed by atoms with E-state index in [9.17, 15) is 24.6 Å². The smallest absolute Gasteiger partial charge is 0.328 e. The number of aliphatic carboxylic acids is 2. The Kier molecular flexibility index (Phi) is 7.68. The Balaban J connectivity index is 1.40. The molecule has 2 heterocycles. The van der Waals surface area contributed by atoms with Crippen molar-refractivity contribution in [3.05, 3.63) is 77.8 Å². The number of carbonyl (C=O) groups is 3. The number of carbonyl (C=O) groups excluding carboxylic acids is 1. The van der Waals surface area contributed by atoms with E-state index in [0.29, 0.717) is 17.1 Å². The van der Waals surface area contributed by atoms with Gasteiger partial charge in [0.1, 0.15) is 23.9 Å². The van der Waals surface area contributed by atoms with Crippen molar-refractivity contribution in [1.29, 1.82) is 0 Å². The Hall–Kier alpha value is -4.86. The molecule has 10 nitrogen and oxygen atoms in total. The van der Waals surface area contributed by atoms with Crippen LogP contribution >= 0.6 is 0 Å². The van der Waals surface area contributed by atoms with Crippen LogP contribution in [0.15, 0.2) is 65.5 Å². The molecule has 4 N–H and O–H groups in total. The second-order valence-electron chi connectivity index (χ2n) is 9.95. The zero-order valence-corrected chi connectivity index (χ0v) is 21.6. The summed E-state index contributed by atoms with van der Waals surface area (Å²) in [5.74, 6) is -2.34. The number of aromatic nitrogens is 2. The van der Waals surface area contributed by atoms with Crippen LogP contribution in [-0.4, -0.2) is 48.8 Å². The number of fused-ring (bicyclic) bond motifs is 1. The molecule has 1 aliphatic carbocycles. The average molecular weight is 544 g/mol. The minimum absolute atomic E-state index is 0.0710. The van der Waals surface area contributed by atoms with Crippen molar-refractivity contribution in [2.75, 3.05) is 0 Å². The van der Waals surface area contributed by atoms with E-state index in [-0.39, 0.29) is 23.3 Å². The number of aromatic hydroxyl groups is 1. The number of furan rings is 1. The Morgan fingerprint density at radius 1 is 1.07 bits per heavy atom. The highest BCUT2D eigenvalue weighted by Crippen LogP contribution is 2.36. The van der Waals surface area contributed by atoms with Gasteiger partial charge >= 0.3 is 11.9 Å². The molecule has 2 aromatic carbocycles. The molecule has 40 heavy (non-hydrogen) atoms. The molecule has 0 radical (unpaired) electrons. The van der Waals surface area contributed by atoms with Crippen LogP contribution in [-0.2, 0) is 16.0 Å². The molecule has 1 aliphatic rings. The number of hydrogen-bond donors (Lipinski definition) is 4. The third kappa shape index (κ3) is 5.75. The molecule has 2 aromatic heterocycles. The van der Waals surface area contributed by atoms with Crippen molar-refractivity contribution >= 4 is 35.0 Å². The second kappa shape index (κ2) is 11.5. The van der Waals surface area contributed by atoms with Gasteiger partial charge in [0.15, 0.2) is 0 Å². The van der Waals surface area contributed by atoms with Crippen LogP contribution in [0.2, 0.25) is 0 Å². The summed E-state index contributed by atoms with van der Waals surface area (Å²) >= 11 is 0. The van der Waals surface area contributed by atoms with Crippen molar-refractivity contribution in [2.24, 2.45) is 0 Å². The van der Waals surface area contributed by atoms with Crippen molar-refractivity contribution in [3.8, 4) is 17.1 Å². The van der Waals surface area contributed by atoms with Gasteiger partial charge in [0, 0.05) is 29.7 Å². The number of benzene rings is 2. The van der Waals surface area contributed by atoms with Crippen LogP contribution in [0.3, 0.4) is 0 Å². The van der Waals surface area contributed by atoms with Crippen LogP contribution in [0.1, 0.15) is 59.6 Å². The lowest BCUT2D eigenvalue weighted by molar-refractivity contribution is -0.139. The first-order valence-corrected chi connectivity index (χ1v) is 13.1. The molecule has 1 saturated carbocycles. The molecule has 0 saturated heterocycles. The van der Waals surface area contributed by atoms with Crippen LogP contribution in [0, 0.1) is 0 Å². The van der Waals surface area contributed by atoms with Crippen molar-refractivity contribution < 1.29 is 34.1 Å². The molecule has 4 aromatic rings. The van der Waals surface area contributed by atoms with E-state index < -0.39 is 23.9 Å². The van der Waals surface area contributed by atoms with Crippen molar-refractivity contribution in [1.82, 2.24) is 14.9 Å². The summed E-state index contributed by atoms with van der Waals surface area (Å²) in [6.07, 6.45) is 10.9. The zero-order valence-electron chi connectivity index (χ0n) is 21.6. The van der Waals surface area contributed by atoms with Gasteiger partial charge in [0.05, 0.1) is 22.9 Å². The number of amides is 1. The SMILES string of the molecule is O=C(O)/C=C/c1cc(C[C@H](NC(=O)c2ccc3c(c2)nc(-c2ccoc2)n3C2CCCCC2)C(=O)O)ccc1O. The van der Waals surface area contributed by atoms with E-state index in [1.165, 1.54) is 30.7 Å². The fourth-order valence-corrected chi connectivity index (χ4v) is 5.25. The third-order valence-electron chi connectivity index (χ3n) is 7.21. The molecule has 206 valence electrons. The average Bonchev–Trinajstić information content (AvgIpc) is 3.61. The number of hydrogen-bond acceptors (Lipinski definition) is 6. The van der Waals surface area contributed by atoms with E-state index >= 15 is 0 Å². The van der Waals surface area contributed by atoms with Gasteiger partial charge in [0.2, 0.25) is 0 Å². The lowest BCUT2D eigenvalue weighted by Gasteiger charge is -2.25. The summed E-state index contributed by atoms with van der Waals surface area (Å²) in [7, 11) is 0. The fourth-order valence-electron chi connectivity index (χ4n) is 5.25. The Bertz CT molecular complexity index is 1580. The summed E-state index contributed by atoms with van der Waals surface area (Å²) in [6.45, 7) is 0. The molecule has 10 heteroatoms. The van der Waals surface area contributed by atoms with Crippen LogP contribution in [0.25, 0.3) is 28.5 Å². The minimum atomic E-state index is -1.26. The molecule has 0 unspecified atom stereocenters. The fraction of sp³-hybridized carbons (Fsp3) is 0.267. The molecule has 0 bridgehead atoms. The number of rotatable bonds is 9. The van der Waals surface area contributed by atoms with E-state index in [0.717, 1.165) is 48.7 Å². The van der Waals surface area contributed by atoms with Crippen molar-refractivity contribution in [2.45, 2.75) is 50.6 Å². The maximum atomic E-state index is 13.2. The number of phenols is 1. The van der Waals surface area contributed by atoms with E-state index in [4.69, 9.17) is 14.5 Å². The van der Waals surface area contributed by atoms with E-state index in [1.807, 2.05) is 12.1 Å².